The Kier molecular flexibility index (Phi) is 2.48. The van der Waals surface area contributed by atoms with Crippen molar-refractivity contribution in [1.82, 2.24) is 5.32 Å². The van der Waals surface area contributed by atoms with Crippen LogP contribution in [-0.2, 0) is 9.59 Å². The summed E-state index contributed by atoms with van der Waals surface area (Å²) in [6, 6.07) is 0. The molecule has 0 radical (unpaired) electrons. The first-order valence-corrected chi connectivity index (χ1v) is 5.64. The number of hydrogen-bond acceptors (Lipinski definition) is 2. The lowest BCUT2D eigenvalue weighted by atomic mass is 10.1. The van der Waals surface area contributed by atoms with E-state index in [0.717, 1.165) is 0 Å². The van der Waals surface area contributed by atoms with Crippen molar-refractivity contribution in [3.8, 4) is 0 Å². The van der Waals surface area contributed by atoms with Gasteiger partial charge in [0.15, 0.2) is 0 Å². The number of alkyl halides is 3. The van der Waals surface area contributed by atoms with E-state index < -0.39 is 40.8 Å². The number of carboxylic acid groups (broad SMARTS) is 1. The van der Waals surface area contributed by atoms with Crippen molar-refractivity contribution in [3.05, 3.63) is 0 Å². The molecule has 2 N–H and O–H groups in total. The average molecular weight is 265 g/mol. The van der Waals surface area contributed by atoms with E-state index in [4.69, 9.17) is 5.11 Å². The molecule has 2 saturated carbocycles. The number of aliphatic carboxylic acids is 1. The Bertz CT molecular complexity index is 412. The highest BCUT2D eigenvalue weighted by atomic mass is 19.4. The van der Waals surface area contributed by atoms with Crippen molar-refractivity contribution in [2.24, 2.45) is 17.3 Å². The summed E-state index contributed by atoms with van der Waals surface area (Å²) in [4.78, 5) is 22.6. The van der Waals surface area contributed by atoms with Crippen molar-refractivity contribution >= 4 is 11.9 Å². The Labute approximate surface area is 102 Å². The van der Waals surface area contributed by atoms with Crippen LogP contribution in [0.3, 0.4) is 0 Å². The summed E-state index contributed by atoms with van der Waals surface area (Å²) in [6.07, 6.45) is -4.74. The van der Waals surface area contributed by atoms with Gasteiger partial charge in [-0.3, -0.25) is 9.59 Å². The predicted molar refractivity (Wildman–Crippen MR) is 54.6 cm³/mol. The van der Waals surface area contributed by atoms with Gasteiger partial charge in [0.1, 0.15) is 5.54 Å². The van der Waals surface area contributed by atoms with E-state index in [1.165, 1.54) is 0 Å². The highest BCUT2D eigenvalue weighted by Crippen LogP contribution is 2.59. The summed E-state index contributed by atoms with van der Waals surface area (Å²) in [7, 11) is 0. The molecule has 0 aliphatic heterocycles. The summed E-state index contributed by atoms with van der Waals surface area (Å²) >= 11 is 0. The standard InChI is InChI=1S/C11H14F3NO3/c1-9(2)5(6(9)8(17)18)7(16)15-10(3-4-10)11(12,13)14/h5-6H,3-4H2,1-2H3,(H,15,16)(H,17,18)/t5-,6+/m1/s1. The lowest BCUT2D eigenvalue weighted by Crippen LogP contribution is -2.48. The molecular weight excluding hydrogens is 251 g/mol. The molecule has 102 valence electrons. The van der Waals surface area contributed by atoms with E-state index in [1.807, 2.05) is 5.32 Å². The normalized spacial score (nSPS) is 31.6. The van der Waals surface area contributed by atoms with Crippen LogP contribution >= 0.6 is 0 Å². The van der Waals surface area contributed by atoms with E-state index in [0.29, 0.717) is 0 Å². The zero-order chi connectivity index (χ0) is 13.9. The molecule has 2 atom stereocenters. The number of halogens is 3. The molecule has 0 aromatic rings. The SMILES string of the molecule is CC1(C)[C@H](C(=O)O)[C@@H]1C(=O)NC1(C(F)(F)F)CC1. The third-order valence-corrected chi connectivity index (χ3v) is 4.03. The smallest absolute Gasteiger partial charge is 0.411 e. The predicted octanol–water partition coefficient (Wildman–Crippen LogP) is 1.55. The molecule has 1 amide bonds. The third kappa shape index (κ3) is 1.76. The highest BCUT2D eigenvalue weighted by molar-refractivity contribution is 5.92. The van der Waals surface area contributed by atoms with Gasteiger partial charge in [0, 0.05) is 0 Å². The zero-order valence-electron chi connectivity index (χ0n) is 9.97. The number of carbonyl (C=O) groups is 2. The molecule has 2 aliphatic carbocycles. The largest absolute Gasteiger partial charge is 0.481 e. The second-order valence-electron chi connectivity index (χ2n) is 5.68. The lowest BCUT2D eigenvalue weighted by molar-refractivity contribution is -0.171. The van der Waals surface area contributed by atoms with E-state index in [-0.39, 0.29) is 12.8 Å². The fraction of sp³-hybridized carbons (Fsp3) is 0.818. The molecule has 0 unspecified atom stereocenters. The van der Waals surface area contributed by atoms with Crippen LogP contribution in [0.25, 0.3) is 0 Å². The fourth-order valence-corrected chi connectivity index (χ4v) is 2.51. The molecule has 7 heteroatoms. The second kappa shape index (κ2) is 3.39. The van der Waals surface area contributed by atoms with Gasteiger partial charge >= 0.3 is 12.1 Å². The van der Waals surface area contributed by atoms with Gasteiger partial charge in [-0.1, -0.05) is 13.8 Å². The summed E-state index contributed by atoms with van der Waals surface area (Å²) in [6.45, 7) is 3.15. The first kappa shape index (κ1) is 13.2. The molecule has 2 aliphatic rings. The molecule has 4 nitrogen and oxygen atoms in total. The number of hydrogen-bond donors (Lipinski definition) is 2. The Morgan fingerprint density at radius 2 is 1.72 bits per heavy atom. The molecule has 0 aromatic heterocycles. The molecule has 0 aromatic carbocycles. The topological polar surface area (TPSA) is 66.4 Å². The summed E-state index contributed by atoms with van der Waals surface area (Å²) in [5.74, 6) is -3.73. The van der Waals surface area contributed by atoms with Gasteiger partial charge in [-0.2, -0.15) is 13.2 Å². The maximum Gasteiger partial charge on any atom is 0.411 e. The van der Waals surface area contributed by atoms with E-state index in [1.54, 1.807) is 13.8 Å². The molecule has 0 bridgehead atoms. The number of rotatable bonds is 3. The number of carboxylic acids is 1. The van der Waals surface area contributed by atoms with Crippen LogP contribution in [-0.4, -0.2) is 28.7 Å². The maximum atomic E-state index is 12.7. The van der Waals surface area contributed by atoms with Gasteiger partial charge in [0.05, 0.1) is 11.8 Å². The van der Waals surface area contributed by atoms with Gasteiger partial charge in [0.2, 0.25) is 5.91 Å². The molecule has 2 fully saturated rings. The van der Waals surface area contributed by atoms with Crippen LogP contribution in [0, 0.1) is 17.3 Å². The van der Waals surface area contributed by atoms with Gasteiger partial charge in [-0.05, 0) is 18.3 Å². The number of amides is 1. The quantitative estimate of drug-likeness (QED) is 0.813. The molecule has 2 rings (SSSR count). The van der Waals surface area contributed by atoms with E-state index in [2.05, 4.69) is 0 Å². The highest BCUT2D eigenvalue weighted by Gasteiger charge is 2.70. The van der Waals surface area contributed by atoms with Crippen LogP contribution in [0.4, 0.5) is 13.2 Å². The first-order valence-electron chi connectivity index (χ1n) is 5.64. The van der Waals surface area contributed by atoms with Crippen molar-refractivity contribution in [3.63, 3.8) is 0 Å². The minimum atomic E-state index is -4.47. The van der Waals surface area contributed by atoms with Crippen LogP contribution in [0.1, 0.15) is 26.7 Å². The number of nitrogens with one attached hydrogen (secondary N) is 1. The van der Waals surface area contributed by atoms with Crippen LogP contribution < -0.4 is 5.32 Å². The van der Waals surface area contributed by atoms with E-state index >= 15 is 0 Å². The van der Waals surface area contributed by atoms with Crippen molar-refractivity contribution in [2.45, 2.75) is 38.4 Å². The Morgan fingerprint density at radius 3 is 2.00 bits per heavy atom. The molecule has 0 heterocycles. The Hall–Kier alpha value is -1.27. The van der Waals surface area contributed by atoms with Gasteiger partial charge in [0.25, 0.3) is 0 Å². The summed E-state index contributed by atoms with van der Waals surface area (Å²) in [5, 5.41) is 10.9. The first-order chi connectivity index (χ1) is 8.03. The van der Waals surface area contributed by atoms with Gasteiger partial charge in [-0.25, -0.2) is 0 Å². The summed E-state index contributed by atoms with van der Waals surface area (Å²) < 4.78 is 38.0. The van der Waals surface area contributed by atoms with Gasteiger partial charge in [-0.15, -0.1) is 0 Å². The lowest BCUT2D eigenvalue weighted by Gasteiger charge is -2.21. The van der Waals surface area contributed by atoms with E-state index in [9.17, 15) is 22.8 Å². The fourth-order valence-electron chi connectivity index (χ4n) is 2.51. The molecule has 0 saturated heterocycles. The zero-order valence-corrected chi connectivity index (χ0v) is 9.97. The Balaban J connectivity index is 2.05. The van der Waals surface area contributed by atoms with Crippen LogP contribution in [0.2, 0.25) is 0 Å². The second-order valence-corrected chi connectivity index (χ2v) is 5.68. The monoisotopic (exact) mass is 265 g/mol. The number of carbonyl (C=O) groups excluding carboxylic acids is 1. The van der Waals surface area contributed by atoms with Gasteiger partial charge < -0.3 is 10.4 Å². The van der Waals surface area contributed by atoms with Crippen molar-refractivity contribution in [2.75, 3.05) is 0 Å². The maximum absolute atomic E-state index is 12.7. The minimum absolute atomic E-state index is 0.132. The third-order valence-electron chi connectivity index (χ3n) is 4.03. The average Bonchev–Trinajstić information content (AvgIpc) is 3.00. The Morgan fingerprint density at radius 1 is 1.22 bits per heavy atom. The van der Waals surface area contributed by atoms with Crippen molar-refractivity contribution < 1.29 is 27.9 Å². The minimum Gasteiger partial charge on any atom is -0.481 e. The molecule has 18 heavy (non-hydrogen) atoms. The van der Waals surface area contributed by atoms with Crippen molar-refractivity contribution in [1.29, 1.82) is 0 Å². The molecule has 0 spiro atoms. The van der Waals surface area contributed by atoms with Crippen LogP contribution in [0.15, 0.2) is 0 Å². The molecular formula is C11H14F3NO3. The summed E-state index contributed by atoms with van der Waals surface area (Å²) in [5.41, 5.74) is -2.90. The van der Waals surface area contributed by atoms with Crippen LogP contribution in [0.5, 0.6) is 0 Å².